The van der Waals surface area contributed by atoms with Gasteiger partial charge in [-0.2, -0.15) is 0 Å². The second-order valence-electron chi connectivity index (χ2n) is 8.86. The molecule has 4 rings (SSSR count). The van der Waals surface area contributed by atoms with E-state index in [-0.39, 0.29) is 18.2 Å². The maximum absolute atomic E-state index is 12.7. The molecule has 2 N–H and O–H groups in total. The van der Waals surface area contributed by atoms with Crippen molar-refractivity contribution in [3.05, 3.63) is 17.8 Å². The van der Waals surface area contributed by atoms with Crippen molar-refractivity contribution in [1.82, 2.24) is 9.88 Å². The Kier molecular flexibility index (Phi) is 6.62. The van der Waals surface area contributed by atoms with E-state index in [4.69, 9.17) is 4.74 Å². The van der Waals surface area contributed by atoms with E-state index < -0.39 is 6.09 Å². The lowest BCUT2D eigenvalue weighted by Gasteiger charge is -2.37. The Hall–Kier alpha value is -2.39. The largest absolute Gasteiger partial charge is 0.460 e. The highest BCUT2D eigenvalue weighted by Gasteiger charge is 2.41. The van der Waals surface area contributed by atoms with Gasteiger partial charge in [-0.25, -0.2) is 9.78 Å². The molecule has 3 atom stereocenters. The minimum atomic E-state index is -0.532. The maximum Gasteiger partial charge on any atom is 0.411 e. The van der Waals surface area contributed by atoms with Crippen LogP contribution in [-0.2, 0) is 14.3 Å². The molecule has 0 saturated carbocycles. The Morgan fingerprint density at radius 3 is 2.68 bits per heavy atom. The highest BCUT2D eigenvalue weighted by molar-refractivity contribution is 5.84. The highest BCUT2D eigenvalue weighted by atomic mass is 16.5. The first kappa shape index (κ1) is 21.8. The summed E-state index contributed by atoms with van der Waals surface area (Å²) in [5.74, 6) is 0.654. The van der Waals surface area contributed by atoms with Gasteiger partial charge in [-0.05, 0) is 57.1 Å². The number of aromatic nitrogens is 1. The van der Waals surface area contributed by atoms with Crippen LogP contribution in [0.2, 0.25) is 0 Å². The number of anilines is 2. The first-order valence-corrected chi connectivity index (χ1v) is 11.1. The second-order valence-corrected chi connectivity index (χ2v) is 8.86. The number of fused-ring (bicyclic) bond motifs is 2. The van der Waals surface area contributed by atoms with Crippen LogP contribution in [0.3, 0.4) is 0 Å². The van der Waals surface area contributed by atoms with Crippen LogP contribution in [-0.4, -0.2) is 78.1 Å². The van der Waals surface area contributed by atoms with Crippen LogP contribution in [0.25, 0.3) is 0 Å². The lowest BCUT2D eigenvalue weighted by Crippen LogP contribution is -2.48. The summed E-state index contributed by atoms with van der Waals surface area (Å²) in [7, 11) is 1.32. The van der Waals surface area contributed by atoms with E-state index >= 15 is 0 Å². The summed E-state index contributed by atoms with van der Waals surface area (Å²) in [5, 5.41) is 12.6. The smallest absolute Gasteiger partial charge is 0.411 e. The third kappa shape index (κ3) is 5.10. The summed E-state index contributed by atoms with van der Waals surface area (Å²) in [6.07, 6.45) is 6.06. The number of rotatable bonds is 5. The van der Waals surface area contributed by atoms with Gasteiger partial charge in [0.05, 0.1) is 38.2 Å². The first-order chi connectivity index (χ1) is 14.9. The molecule has 31 heavy (non-hydrogen) atoms. The molecule has 0 aliphatic carbocycles. The number of hydrogen-bond donors (Lipinski definition) is 2. The van der Waals surface area contributed by atoms with Crippen molar-refractivity contribution in [3.8, 4) is 0 Å². The van der Waals surface area contributed by atoms with E-state index in [1.807, 2.05) is 13.0 Å². The zero-order chi connectivity index (χ0) is 22.0. The van der Waals surface area contributed by atoms with E-state index in [2.05, 4.69) is 24.8 Å². The fraction of sp³-hybridized carbons (Fsp3) is 0.682. The number of hydrogen-bond acceptors (Lipinski definition) is 8. The third-order valence-electron chi connectivity index (χ3n) is 6.63. The van der Waals surface area contributed by atoms with Gasteiger partial charge in [-0.1, -0.05) is 0 Å². The lowest BCUT2D eigenvalue weighted by atomic mass is 10.00. The summed E-state index contributed by atoms with van der Waals surface area (Å²) >= 11 is 0. The van der Waals surface area contributed by atoms with Gasteiger partial charge in [0.25, 0.3) is 0 Å². The predicted octanol–water partition coefficient (Wildman–Crippen LogP) is 2.07. The van der Waals surface area contributed by atoms with Gasteiger partial charge in [0.2, 0.25) is 0 Å². The number of nitrogens with zero attached hydrogens (tertiary/aromatic N) is 3. The average molecular weight is 433 g/mol. The monoisotopic (exact) mass is 432 g/mol. The van der Waals surface area contributed by atoms with E-state index in [0.29, 0.717) is 30.9 Å². The molecule has 2 bridgehead atoms. The third-order valence-corrected chi connectivity index (χ3v) is 6.63. The van der Waals surface area contributed by atoms with Gasteiger partial charge in [0.15, 0.2) is 0 Å². The molecule has 3 unspecified atom stereocenters. The van der Waals surface area contributed by atoms with Gasteiger partial charge in [-0.3, -0.25) is 15.0 Å². The van der Waals surface area contributed by atoms with Crippen molar-refractivity contribution in [1.29, 1.82) is 0 Å². The topological polar surface area (TPSA) is 104 Å². The summed E-state index contributed by atoms with van der Waals surface area (Å²) in [6, 6.07) is 2.45. The van der Waals surface area contributed by atoms with Crippen molar-refractivity contribution in [2.45, 2.75) is 69.7 Å². The lowest BCUT2D eigenvalue weighted by molar-refractivity contribution is -0.152. The molecule has 0 spiro atoms. The van der Waals surface area contributed by atoms with Crippen molar-refractivity contribution in [3.63, 3.8) is 0 Å². The fourth-order valence-corrected chi connectivity index (χ4v) is 5.24. The standard InChI is InChI=1S/C22H32N4O5/c1-14-8-15(24-22(29)30-2)11-23-21(14)25-7-3-4-19(12-25)31-20(28)13-26-16-5-6-17(26)10-18(27)9-16/h8,11,16-19,27H,3-7,9-10,12-13H2,1-2H3,(H,24,29). The van der Waals surface area contributed by atoms with Gasteiger partial charge in [-0.15, -0.1) is 0 Å². The number of ether oxygens (including phenoxy) is 2. The molecular weight excluding hydrogens is 400 g/mol. The number of aliphatic hydroxyl groups excluding tert-OH is 1. The molecule has 3 aliphatic heterocycles. The first-order valence-electron chi connectivity index (χ1n) is 11.1. The molecule has 1 aromatic rings. The van der Waals surface area contributed by atoms with Crippen LogP contribution in [0.15, 0.2) is 12.3 Å². The van der Waals surface area contributed by atoms with E-state index in [1.54, 1.807) is 6.20 Å². The highest BCUT2D eigenvalue weighted by Crippen LogP contribution is 2.35. The molecule has 0 aromatic carbocycles. The number of amides is 1. The van der Waals surface area contributed by atoms with Crippen LogP contribution >= 0.6 is 0 Å². The van der Waals surface area contributed by atoms with Crippen LogP contribution in [0.4, 0.5) is 16.3 Å². The van der Waals surface area contributed by atoms with Crippen molar-refractivity contribution in [2.75, 3.05) is 37.0 Å². The molecule has 4 heterocycles. The Balaban J connectivity index is 1.32. The number of piperidine rings is 2. The number of pyridine rings is 1. The Bertz CT molecular complexity index is 805. The summed E-state index contributed by atoms with van der Waals surface area (Å²) in [4.78, 5) is 32.9. The summed E-state index contributed by atoms with van der Waals surface area (Å²) in [6.45, 7) is 3.71. The number of carbonyl (C=O) groups is 2. The summed E-state index contributed by atoms with van der Waals surface area (Å²) in [5.41, 5.74) is 1.51. The normalized spacial score (nSPS) is 28.3. The minimum Gasteiger partial charge on any atom is -0.460 e. The maximum atomic E-state index is 12.7. The SMILES string of the molecule is COC(=O)Nc1cnc(N2CCCC(OC(=O)CN3C4CCC3CC(O)C4)C2)c(C)c1. The Morgan fingerprint density at radius 1 is 1.26 bits per heavy atom. The number of aryl methyl sites for hydroxylation is 1. The quantitative estimate of drug-likeness (QED) is 0.682. The van der Waals surface area contributed by atoms with Crippen LogP contribution < -0.4 is 10.2 Å². The number of aliphatic hydroxyl groups is 1. The molecule has 3 aliphatic rings. The zero-order valence-electron chi connectivity index (χ0n) is 18.2. The van der Waals surface area contributed by atoms with E-state index in [1.165, 1.54) is 7.11 Å². The van der Waals surface area contributed by atoms with Crippen molar-refractivity contribution >= 4 is 23.6 Å². The Morgan fingerprint density at radius 2 is 2.00 bits per heavy atom. The summed E-state index contributed by atoms with van der Waals surface area (Å²) < 4.78 is 10.5. The van der Waals surface area contributed by atoms with Gasteiger partial charge in [0.1, 0.15) is 11.9 Å². The molecule has 170 valence electrons. The van der Waals surface area contributed by atoms with Crippen LogP contribution in [0.1, 0.15) is 44.1 Å². The minimum absolute atomic E-state index is 0.164. The average Bonchev–Trinajstić information content (AvgIpc) is 2.96. The zero-order valence-corrected chi connectivity index (χ0v) is 18.2. The fourth-order valence-electron chi connectivity index (χ4n) is 5.24. The molecule has 1 aromatic heterocycles. The van der Waals surface area contributed by atoms with Crippen molar-refractivity contribution < 1.29 is 24.2 Å². The molecule has 3 fully saturated rings. The molecule has 0 radical (unpaired) electrons. The molecule has 9 nitrogen and oxygen atoms in total. The van der Waals surface area contributed by atoms with Gasteiger partial charge in [0, 0.05) is 18.6 Å². The molecule has 1 amide bonds. The van der Waals surface area contributed by atoms with Gasteiger partial charge >= 0.3 is 12.1 Å². The van der Waals surface area contributed by atoms with E-state index in [9.17, 15) is 14.7 Å². The molecule has 3 saturated heterocycles. The molecular formula is C22H32N4O5. The van der Waals surface area contributed by atoms with Crippen LogP contribution in [0, 0.1) is 6.92 Å². The predicted molar refractivity (Wildman–Crippen MR) is 115 cm³/mol. The molecule has 9 heteroatoms. The van der Waals surface area contributed by atoms with Gasteiger partial charge < -0.3 is 19.5 Å². The number of esters is 1. The Labute approximate surface area is 182 Å². The number of methoxy groups -OCH3 is 1. The number of nitrogens with one attached hydrogen (secondary N) is 1. The second kappa shape index (κ2) is 9.40. The van der Waals surface area contributed by atoms with Crippen LogP contribution in [0.5, 0.6) is 0 Å². The van der Waals surface area contributed by atoms with Crippen molar-refractivity contribution in [2.24, 2.45) is 0 Å². The number of carbonyl (C=O) groups excluding carboxylic acids is 2. The van der Waals surface area contributed by atoms with E-state index in [0.717, 1.165) is 56.5 Å².